The average Bonchev–Trinajstić information content (AvgIpc) is 2.96. The van der Waals surface area contributed by atoms with Crippen LogP contribution in [0.15, 0.2) is 48.5 Å². The van der Waals surface area contributed by atoms with Gasteiger partial charge < -0.3 is 4.90 Å². The quantitative estimate of drug-likeness (QED) is 0.778. The van der Waals surface area contributed by atoms with Gasteiger partial charge in [0.05, 0.1) is 23.8 Å². The van der Waals surface area contributed by atoms with E-state index in [1.54, 1.807) is 24.3 Å². The summed E-state index contributed by atoms with van der Waals surface area (Å²) in [5.41, 5.74) is 0.810. The average molecular weight is 371 g/mol. The lowest BCUT2D eigenvalue weighted by atomic mass is 10.1. The smallest absolute Gasteiger partial charge is 0.251 e. The van der Waals surface area contributed by atoms with Crippen molar-refractivity contribution in [3.8, 4) is 0 Å². The largest absolute Gasteiger partial charge is 0.367 e. The first-order chi connectivity index (χ1) is 13.0. The highest BCUT2D eigenvalue weighted by Gasteiger charge is 2.43. The third kappa shape index (κ3) is 3.30. The van der Waals surface area contributed by atoms with Crippen LogP contribution in [-0.2, 0) is 9.59 Å². The van der Waals surface area contributed by atoms with Gasteiger partial charge in [-0.1, -0.05) is 18.2 Å². The van der Waals surface area contributed by atoms with Gasteiger partial charge in [-0.3, -0.25) is 14.5 Å². The molecule has 2 saturated heterocycles. The Kier molecular flexibility index (Phi) is 4.61. The van der Waals surface area contributed by atoms with E-state index in [0.29, 0.717) is 31.9 Å². The van der Waals surface area contributed by atoms with Gasteiger partial charge in [-0.05, 0) is 30.3 Å². The number of nitrogens with zero attached hydrogens (tertiary/aromatic N) is 3. The van der Waals surface area contributed by atoms with E-state index < -0.39 is 11.9 Å². The van der Waals surface area contributed by atoms with Crippen molar-refractivity contribution < 1.29 is 18.4 Å². The van der Waals surface area contributed by atoms with E-state index in [1.807, 2.05) is 9.80 Å². The Labute approximate surface area is 155 Å². The predicted molar refractivity (Wildman–Crippen MR) is 97.5 cm³/mol. The van der Waals surface area contributed by atoms with Crippen LogP contribution in [0.1, 0.15) is 6.42 Å². The molecule has 5 nitrogen and oxygen atoms in total. The summed E-state index contributed by atoms with van der Waals surface area (Å²) in [5.74, 6) is -1.41. The normalized spacial score (nSPS) is 21.2. The second-order valence-corrected chi connectivity index (χ2v) is 6.74. The van der Waals surface area contributed by atoms with Crippen LogP contribution in [0.25, 0.3) is 0 Å². The van der Waals surface area contributed by atoms with Gasteiger partial charge >= 0.3 is 0 Å². The lowest BCUT2D eigenvalue weighted by molar-refractivity contribution is -0.123. The third-order valence-electron chi connectivity index (χ3n) is 5.14. The minimum Gasteiger partial charge on any atom is -0.367 e. The summed E-state index contributed by atoms with van der Waals surface area (Å²) >= 11 is 0. The molecule has 0 aromatic heterocycles. The lowest BCUT2D eigenvalue weighted by Crippen LogP contribution is -2.52. The van der Waals surface area contributed by atoms with Crippen molar-refractivity contribution >= 4 is 23.2 Å². The first-order valence-electron chi connectivity index (χ1n) is 8.90. The van der Waals surface area contributed by atoms with Gasteiger partial charge in [0, 0.05) is 26.2 Å². The summed E-state index contributed by atoms with van der Waals surface area (Å²) in [6, 6.07) is 11.5. The number of carbonyl (C=O) groups excluding carboxylic acids is 2. The number of carbonyl (C=O) groups is 2. The summed E-state index contributed by atoms with van der Waals surface area (Å²) in [6.07, 6.45) is 0.0784. The Bertz CT molecular complexity index is 881. The van der Waals surface area contributed by atoms with E-state index in [-0.39, 0.29) is 29.7 Å². The fourth-order valence-electron chi connectivity index (χ4n) is 3.77. The number of hydrogen-bond acceptors (Lipinski definition) is 4. The van der Waals surface area contributed by atoms with E-state index in [9.17, 15) is 18.4 Å². The number of imide groups is 1. The molecule has 0 N–H and O–H groups in total. The van der Waals surface area contributed by atoms with Gasteiger partial charge in [0.15, 0.2) is 0 Å². The number of benzene rings is 2. The molecule has 27 heavy (non-hydrogen) atoms. The van der Waals surface area contributed by atoms with E-state index in [2.05, 4.69) is 0 Å². The van der Waals surface area contributed by atoms with Crippen LogP contribution < -0.4 is 9.80 Å². The second-order valence-electron chi connectivity index (χ2n) is 6.74. The van der Waals surface area contributed by atoms with Crippen molar-refractivity contribution in [3.63, 3.8) is 0 Å². The molecule has 2 aromatic rings. The van der Waals surface area contributed by atoms with Crippen LogP contribution in [0.4, 0.5) is 20.2 Å². The maximum atomic E-state index is 14.0. The molecule has 0 bridgehead atoms. The monoisotopic (exact) mass is 371 g/mol. The SMILES string of the molecule is O=C1C[C@@H](N2CCN(c3ccccc3F)CC2)C(=O)N1c1cccc(F)c1. The minimum atomic E-state index is -0.552. The fourth-order valence-corrected chi connectivity index (χ4v) is 3.77. The van der Waals surface area contributed by atoms with Crippen molar-refractivity contribution in [1.82, 2.24) is 4.90 Å². The van der Waals surface area contributed by atoms with Crippen molar-refractivity contribution in [2.75, 3.05) is 36.0 Å². The summed E-state index contributed by atoms with van der Waals surface area (Å²) in [7, 11) is 0. The maximum Gasteiger partial charge on any atom is 0.251 e. The fraction of sp³-hybridized carbons (Fsp3) is 0.300. The molecule has 2 aliphatic rings. The molecular weight excluding hydrogens is 352 g/mol. The molecule has 2 fully saturated rings. The molecule has 0 radical (unpaired) electrons. The molecule has 0 unspecified atom stereocenters. The second kappa shape index (κ2) is 7.08. The lowest BCUT2D eigenvalue weighted by Gasteiger charge is -2.38. The molecule has 0 spiro atoms. The van der Waals surface area contributed by atoms with Crippen molar-refractivity contribution in [2.45, 2.75) is 12.5 Å². The number of halogens is 2. The van der Waals surface area contributed by atoms with Crippen LogP contribution >= 0.6 is 0 Å². The predicted octanol–water partition coefficient (Wildman–Crippen LogP) is 2.42. The van der Waals surface area contributed by atoms with Crippen molar-refractivity contribution in [2.24, 2.45) is 0 Å². The van der Waals surface area contributed by atoms with Gasteiger partial charge in [0.1, 0.15) is 11.6 Å². The Morgan fingerprint density at radius 2 is 1.63 bits per heavy atom. The number of hydrogen-bond donors (Lipinski definition) is 0. The van der Waals surface area contributed by atoms with Gasteiger partial charge in [-0.15, -0.1) is 0 Å². The molecule has 2 aliphatic heterocycles. The molecule has 0 aliphatic carbocycles. The third-order valence-corrected chi connectivity index (χ3v) is 5.14. The summed E-state index contributed by atoms with van der Waals surface area (Å²) in [5, 5.41) is 0. The van der Waals surface area contributed by atoms with Gasteiger partial charge in [0.2, 0.25) is 5.91 Å². The minimum absolute atomic E-state index is 0.0784. The van der Waals surface area contributed by atoms with E-state index in [0.717, 1.165) is 4.90 Å². The molecule has 1 atom stereocenters. The number of piperazine rings is 1. The van der Waals surface area contributed by atoms with Crippen LogP contribution in [0.5, 0.6) is 0 Å². The Hall–Kier alpha value is -2.80. The standard InChI is InChI=1S/C20H19F2N3O2/c21-14-4-3-5-15(12-14)25-19(26)13-18(20(25)27)24-10-8-23(9-11-24)17-7-2-1-6-16(17)22/h1-7,12,18H,8-11,13H2/t18-/m1/s1. The number of para-hydroxylation sites is 1. The number of anilines is 2. The summed E-state index contributed by atoms with van der Waals surface area (Å²) < 4.78 is 27.4. The molecule has 140 valence electrons. The van der Waals surface area contributed by atoms with Crippen molar-refractivity contribution in [1.29, 1.82) is 0 Å². The van der Waals surface area contributed by atoms with Gasteiger partial charge in [0.25, 0.3) is 5.91 Å². The van der Waals surface area contributed by atoms with Crippen molar-refractivity contribution in [3.05, 3.63) is 60.2 Å². The molecule has 0 saturated carbocycles. The van der Waals surface area contributed by atoms with Gasteiger partial charge in [-0.25, -0.2) is 13.7 Å². The Balaban J connectivity index is 1.45. The Morgan fingerprint density at radius 1 is 0.889 bits per heavy atom. The zero-order valence-corrected chi connectivity index (χ0v) is 14.6. The molecule has 2 amide bonds. The van der Waals surface area contributed by atoms with Gasteiger partial charge in [-0.2, -0.15) is 0 Å². The van der Waals surface area contributed by atoms with E-state index in [1.165, 1.54) is 24.3 Å². The zero-order chi connectivity index (χ0) is 19.0. The highest BCUT2D eigenvalue weighted by molar-refractivity contribution is 6.22. The summed E-state index contributed by atoms with van der Waals surface area (Å²) in [4.78, 5) is 30.1. The molecule has 2 aromatic carbocycles. The van der Waals surface area contributed by atoms with Crippen LogP contribution in [0, 0.1) is 11.6 Å². The first kappa shape index (κ1) is 17.6. The first-order valence-corrected chi connectivity index (χ1v) is 8.90. The highest BCUT2D eigenvalue weighted by Crippen LogP contribution is 2.28. The highest BCUT2D eigenvalue weighted by atomic mass is 19.1. The van der Waals surface area contributed by atoms with Crippen LogP contribution in [-0.4, -0.2) is 48.9 Å². The molecule has 2 heterocycles. The van der Waals surface area contributed by atoms with Crippen LogP contribution in [0.3, 0.4) is 0 Å². The Morgan fingerprint density at radius 3 is 2.33 bits per heavy atom. The zero-order valence-electron chi connectivity index (χ0n) is 14.6. The number of rotatable bonds is 3. The molecule has 4 rings (SSSR count). The van der Waals surface area contributed by atoms with E-state index >= 15 is 0 Å². The van der Waals surface area contributed by atoms with E-state index in [4.69, 9.17) is 0 Å². The topological polar surface area (TPSA) is 43.9 Å². The maximum absolute atomic E-state index is 14.0. The molecule has 7 heteroatoms. The number of amides is 2. The summed E-state index contributed by atoms with van der Waals surface area (Å²) in [6.45, 7) is 2.24. The molecular formula is C20H19F2N3O2. The van der Waals surface area contributed by atoms with Crippen LogP contribution in [0.2, 0.25) is 0 Å².